The van der Waals surface area contributed by atoms with Crippen molar-refractivity contribution in [2.45, 2.75) is 12.5 Å². The molecule has 1 unspecified atom stereocenters. The van der Waals surface area contributed by atoms with Gasteiger partial charge in [0.1, 0.15) is 6.04 Å². The number of amides is 2. The fraction of sp³-hybridized carbons (Fsp3) is 0.222. The lowest BCUT2D eigenvalue weighted by molar-refractivity contribution is -0.389. The SMILES string of the molecule is NC(=O)CC(NC(=O)c1ccc([N+](=O)[O-])[nH]1)C(=O)O. The van der Waals surface area contributed by atoms with E-state index in [4.69, 9.17) is 10.8 Å². The number of carbonyl (C=O) groups is 3. The summed E-state index contributed by atoms with van der Waals surface area (Å²) in [6.07, 6.45) is -0.579. The second-order valence-electron chi connectivity index (χ2n) is 3.55. The van der Waals surface area contributed by atoms with Crippen LogP contribution in [0.1, 0.15) is 16.9 Å². The van der Waals surface area contributed by atoms with E-state index in [1.165, 1.54) is 0 Å². The highest BCUT2D eigenvalue weighted by Crippen LogP contribution is 2.10. The van der Waals surface area contributed by atoms with Gasteiger partial charge >= 0.3 is 11.8 Å². The summed E-state index contributed by atoms with van der Waals surface area (Å²) in [7, 11) is 0. The molecule has 0 radical (unpaired) electrons. The molecule has 1 aromatic rings. The number of rotatable bonds is 6. The number of nitro groups is 1. The van der Waals surface area contributed by atoms with Crippen molar-refractivity contribution in [2.75, 3.05) is 0 Å². The monoisotopic (exact) mass is 270 g/mol. The van der Waals surface area contributed by atoms with E-state index >= 15 is 0 Å². The van der Waals surface area contributed by atoms with Crippen LogP contribution in [0.4, 0.5) is 5.82 Å². The Morgan fingerprint density at radius 1 is 1.47 bits per heavy atom. The molecule has 10 nitrogen and oxygen atoms in total. The van der Waals surface area contributed by atoms with Gasteiger partial charge in [0.15, 0.2) is 5.69 Å². The number of aliphatic carboxylic acids is 1. The minimum atomic E-state index is -1.49. The maximum atomic E-state index is 11.6. The van der Waals surface area contributed by atoms with Crippen LogP contribution in [0.25, 0.3) is 0 Å². The van der Waals surface area contributed by atoms with E-state index in [1.807, 2.05) is 5.32 Å². The second-order valence-corrected chi connectivity index (χ2v) is 3.55. The third-order valence-corrected chi connectivity index (χ3v) is 2.12. The molecule has 10 heteroatoms. The third-order valence-electron chi connectivity index (χ3n) is 2.12. The molecule has 0 saturated carbocycles. The maximum Gasteiger partial charge on any atom is 0.326 e. The first kappa shape index (κ1) is 14.2. The molecular weight excluding hydrogens is 260 g/mol. The van der Waals surface area contributed by atoms with Crippen LogP contribution in [-0.2, 0) is 9.59 Å². The second kappa shape index (κ2) is 5.62. The lowest BCUT2D eigenvalue weighted by Gasteiger charge is -2.10. The molecule has 0 aliphatic heterocycles. The van der Waals surface area contributed by atoms with Crippen LogP contribution in [0.2, 0.25) is 0 Å². The van der Waals surface area contributed by atoms with Gasteiger partial charge in [-0.3, -0.25) is 9.59 Å². The first-order chi connectivity index (χ1) is 8.81. The summed E-state index contributed by atoms with van der Waals surface area (Å²) in [5.74, 6) is -3.63. The van der Waals surface area contributed by atoms with Crippen LogP contribution in [0, 0.1) is 10.1 Å². The van der Waals surface area contributed by atoms with Crippen LogP contribution in [-0.4, -0.2) is 38.8 Å². The van der Waals surface area contributed by atoms with Crippen LogP contribution >= 0.6 is 0 Å². The molecule has 0 saturated heterocycles. The summed E-state index contributed by atoms with van der Waals surface area (Å²) >= 11 is 0. The Hall–Kier alpha value is -2.91. The van der Waals surface area contributed by atoms with Crippen molar-refractivity contribution in [1.29, 1.82) is 0 Å². The smallest absolute Gasteiger partial charge is 0.326 e. The summed E-state index contributed by atoms with van der Waals surface area (Å²) < 4.78 is 0. The van der Waals surface area contributed by atoms with E-state index in [9.17, 15) is 24.5 Å². The first-order valence-corrected chi connectivity index (χ1v) is 4.96. The first-order valence-electron chi connectivity index (χ1n) is 4.96. The summed E-state index contributed by atoms with van der Waals surface area (Å²) in [6, 6.07) is 0.683. The highest BCUT2D eigenvalue weighted by molar-refractivity contribution is 5.96. The summed E-state index contributed by atoms with van der Waals surface area (Å²) in [6.45, 7) is 0. The Morgan fingerprint density at radius 3 is 2.53 bits per heavy atom. The van der Waals surface area contributed by atoms with E-state index in [0.717, 1.165) is 12.1 Å². The zero-order chi connectivity index (χ0) is 14.6. The Kier molecular flexibility index (Phi) is 4.19. The predicted octanol–water partition coefficient (Wildman–Crippen LogP) is -1.02. The number of hydrogen-bond acceptors (Lipinski definition) is 5. The van der Waals surface area contributed by atoms with Gasteiger partial charge < -0.3 is 26.3 Å². The summed E-state index contributed by atoms with van der Waals surface area (Å²) in [4.78, 5) is 44.9. The van der Waals surface area contributed by atoms with Crippen LogP contribution in [0.5, 0.6) is 0 Å². The average Bonchev–Trinajstić information content (AvgIpc) is 2.76. The fourth-order valence-electron chi connectivity index (χ4n) is 1.26. The van der Waals surface area contributed by atoms with Crippen molar-refractivity contribution in [2.24, 2.45) is 5.73 Å². The number of nitrogens with two attached hydrogens (primary N) is 1. The lowest BCUT2D eigenvalue weighted by Crippen LogP contribution is -2.43. The van der Waals surface area contributed by atoms with Crippen LogP contribution in [0.15, 0.2) is 12.1 Å². The minimum absolute atomic E-state index is 0.192. The highest BCUT2D eigenvalue weighted by Gasteiger charge is 2.25. The number of carboxylic acids is 1. The predicted molar refractivity (Wildman–Crippen MR) is 60.1 cm³/mol. The van der Waals surface area contributed by atoms with Gasteiger partial charge in [-0.05, 0) is 11.0 Å². The highest BCUT2D eigenvalue weighted by atomic mass is 16.6. The van der Waals surface area contributed by atoms with Gasteiger partial charge in [0.2, 0.25) is 5.91 Å². The van der Waals surface area contributed by atoms with E-state index in [0.29, 0.717) is 0 Å². The normalized spacial score (nSPS) is 11.6. The van der Waals surface area contributed by atoms with Crippen molar-refractivity contribution in [3.8, 4) is 0 Å². The van der Waals surface area contributed by atoms with E-state index in [1.54, 1.807) is 0 Å². The molecule has 19 heavy (non-hydrogen) atoms. The Balaban J connectivity index is 2.78. The van der Waals surface area contributed by atoms with Crippen molar-refractivity contribution in [3.63, 3.8) is 0 Å². The lowest BCUT2D eigenvalue weighted by atomic mass is 10.2. The van der Waals surface area contributed by atoms with Gasteiger partial charge in [-0.1, -0.05) is 0 Å². The third kappa shape index (κ3) is 3.80. The number of nitrogens with zero attached hydrogens (tertiary/aromatic N) is 1. The number of aromatic amines is 1. The van der Waals surface area contributed by atoms with E-state index in [2.05, 4.69) is 4.98 Å². The van der Waals surface area contributed by atoms with Crippen LogP contribution < -0.4 is 11.1 Å². The Bertz CT molecular complexity index is 537. The molecule has 0 bridgehead atoms. The van der Waals surface area contributed by atoms with Gasteiger partial charge in [-0.25, -0.2) is 9.78 Å². The van der Waals surface area contributed by atoms with Crippen LogP contribution in [0.3, 0.4) is 0 Å². The molecule has 1 rings (SSSR count). The molecule has 5 N–H and O–H groups in total. The number of primary amides is 1. The molecular formula is C9H10N4O6. The quantitative estimate of drug-likeness (QED) is 0.381. The molecule has 102 valence electrons. The molecule has 0 fully saturated rings. The van der Waals surface area contributed by atoms with Crippen molar-refractivity contribution < 1.29 is 24.4 Å². The summed E-state index contributed by atoms with van der Waals surface area (Å²) in [5.41, 5.74) is 4.65. The van der Waals surface area contributed by atoms with Crippen molar-refractivity contribution in [1.82, 2.24) is 10.3 Å². The van der Waals surface area contributed by atoms with E-state index in [-0.39, 0.29) is 5.69 Å². The number of hydrogen-bond donors (Lipinski definition) is 4. The minimum Gasteiger partial charge on any atom is -0.480 e. The van der Waals surface area contributed by atoms with Gasteiger partial charge in [-0.15, -0.1) is 0 Å². The Morgan fingerprint density at radius 2 is 2.11 bits per heavy atom. The number of carbonyl (C=O) groups excluding carboxylic acids is 2. The number of carboxylic acid groups (broad SMARTS) is 1. The van der Waals surface area contributed by atoms with Gasteiger partial charge in [0.25, 0.3) is 5.91 Å². The topological polar surface area (TPSA) is 168 Å². The number of H-pyrrole nitrogens is 1. The Labute approximate surface area is 105 Å². The number of aromatic nitrogens is 1. The fourth-order valence-corrected chi connectivity index (χ4v) is 1.26. The number of nitrogens with one attached hydrogen (secondary N) is 2. The van der Waals surface area contributed by atoms with Gasteiger partial charge in [0, 0.05) is 6.07 Å². The largest absolute Gasteiger partial charge is 0.480 e. The van der Waals surface area contributed by atoms with E-state index < -0.39 is 41.0 Å². The van der Waals surface area contributed by atoms with Gasteiger partial charge in [-0.2, -0.15) is 0 Å². The summed E-state index contributed by atoms with van der Waals surface area (Å²) in [5, 5.41) is 21.2. The zero-order valence-electron chi connectivity index (χ0n) is 9.45. The van der Waals surface area contributed by atoms with Crippen molar-refractivity contribution >= 4 is 23.6 Å². The molecule has 0 spiro atoms. The maximum absolute atomic E-state index is 11.6. The molecule has 0 aliphatic rings. The molecule has 1 heterocycles. The van der Waals surface area contributed by atoms with Gasteiger partial charge in [0.05, 0.1) is 6.42 Å². The molecule has 0 aliphatic carbocycles. The average molecular weight is 270 g/mol. The van der Waals surface area contributed by atoms with Crippen molar-refractivity contribution in [3.05, 3.63) is 27.9 Å². The standard InChI is InChI=1S/C9H10N4O6/c10-6(14)3-5(9(16)17)12-8(15)4-1-2-7(11-4)13(18)19/h1-2,5,11H,3H2,(H2,10,14)(H,12,15)(H,16,17). The molecule has 2 amide bonds. The zero-order valence-corrected chi connectivity index (χ0v) is 9.45. The molecule has 1 atom stereocenters. The molecule has 1 aromatic heterocycles. The molecule has 0 aromatic carbocycles.